The van der Waals surface area contributed by atoms with E-state index in [2.05, 4.69) is 10.2 Å². The van der Waals surface area contributed by atoms with Crippen LogP contribution in [0.15, 0.2) is 12.1 Å². The number of hydrogen-bond donors (Lipinski definition) is 1. The average Bonchev–Trinajstić information content (AvgIpc) is 2.44. The quantitative estimate of drug-likeness (QED) is 0.836. The van der Waals surface area contributed by atoms with Gasteiger partial charge in [-0.05, 0) is 57.9 Å². The number of nitrogens with zero attached hydrogens (tertiary/aromatic N) is 1. The Morgan fingerprint density at radius 3 is 2.33 bits per heavy atom. The number of likely N-dealkylation sites (tertiary alicyclic amines) is 1. The molecule has 6 heteroatoms. The number of rotatable bonds is 5. The van der Waals surface area contributed by atoms with E-state index >= 15 is 0 Å². The van der Waals surface area contributed by atoms with Gasteiger partial charge in [-0.2, -0.15) is 0 Å². The summed E-state index contributed by atoms with van der Waals surface area (Å²) in [6.07, 6.45) is 3.31. The maximum Gasteiger partial charge on any atom is 0.161 e. The molecule has 1 aromatic rings. The Kier molecular flexibility index (Phi) is 7.49. The highest BCUT2D eigenvalue weighted by atomic mass is 35.5. The number of piperidine rings is 1. The minimum absolute atomic E-state index is 0. The average molecular weight is 323 g/mol. The lowest BCUT2D eigenvalue weighted by Crippen LogP contribution is -2.34. The SMILES string of the molecule is CNCCC1CCN(Cc2cc(F)c(F)cc2F)CC1.Cl. The van der Waals surface area contributed by atoms with Gasteiger partial charge in [0, 0.05) is 18.2 Å². The zero-order valence-electron chi connectivity index (χ0n) is 12.2. The van der Waals surface area contributed by atoms with Gasteiger partial charge in [0.15, 0.2) is 11.6 Å². The molecule has 1 saturated heterocycles. The lowest BCUT2D eigenvalue weighted by molar-refractivity contribution is 0.170. The molecule has 1 N–H and O–H groups in total. The zero-order chi connectivity index (χ0) is 14.5. The molecular weight excluding hydrogens is 301 g/mol. The molecular formula is C15H22ClF3N2. The molecule has 1 heterocycles. The van der Waals surface area contributed by atoms with E-state index in [1.54, 1.807) is 0 Å². The zero-order valence-corrected chi connectivity index (χ0v) is 13.0. The molecule has 1 aromatic carbocycles. The van der Waals surface area contributed by atoms with Crippen molar-refractivity contribution in [1.82, 2.24) is 10.2 Å². The maximum absolute atomic E-state index is 13.6. The minimum Gasteiger partial charge on any atom is -0.320 e. The fraction of sp³-hybridized carbons (Fsp3) is 0.600. The molecule has 1 aliphatic heterocycles. The first kappa shape index (κ1) is 18.3. The Bertz CT molecular complexity index is 449. The second-order valence-electron chi connectivity index (χ2n) is 5.47. The highest BCUT2D eigenvalue weighted by Crippen LogP contribution is 2.23. The maximum atomic E-state index is 13.6. The largest absolute Gasteiger partial charge is 0.320 e. The Morgan fingerprint density at radius 1 is 1.10 bits per heavy atom. The molecule has 0 bridgehead atoms. The third-order valence-electron chi connectivity index (χ3n) is 3.99. The standard InChI is InChI=1S/C15H21F3N2.ClH/c1-19-5-2-11-3-6-20(7-4-11)10-12-8-14(17)15(18)9-13(12)16;/h8-9,11,19H,2-7,10H2,1H3;1H. The highest BCUT2D eigenvalue weighted by molar-refractivity contribution is 5.85. The van der Waals surface area contributed by atoms with Crippen molar-refractivity contribution >= 4 is 12.4 Å². The van der Waals surface area contributed by atoms with Crippen molar-refractivity contribution in [1.29, 1.82) is 0 Å². The Morgan fingerprint density at radius 2 is 1.71 bits per heavy atom. The first-order valence-corrected chi connectivity index (χ1v) is 7.10. The predicted molar refractivity (Wildman–Crippen MR) is 80.1 cm³/mol. The molecule has 2 nitrogen and oxygen atoms in total. The summed E-state index contributed by atoms with van der Waals surface area (Å²) in [4.78, 5) is 2.10. The Balaban J connectivity index is 0.00000220. The lowest BCUT2D eigenvalue weighted by Gasteiger charge is -2.32. The molecule has 1 aliphatic rings. The van der Waals surface area contributed by atoms with E-state index in [9.17, 15) is 13.2 Å². The van der Waals surface area contributed by atoms with Crippen LogP contribution in [0.25, 0.3) is 0 Å². The summed E-state index contributed by atoms with van der Waals surface area (Å²) < 4.78 is 39.6. The summed E-state index contributed by atoms with van der Waals surface area (Å²) >= 11 is 0. The van der Waals surface area contributed by atoms with Gasteiger partial charge in [-0.15, -0.1) is 12.4 Å². The van der Waals surface area contributed by atoms with Crippen LogP contribution in [0.3, 0.4) is 0 Å². The van der Waals surface area contributed by atoms with Crippen molar-refractivity contribution in [2.24, 2.45) is 5.92 Å². The molecule has 2 rings (SSSR count). The number of hydrogen-bond acceptors (Lipinski definition) is 2. The van der Waals surface area contributed by atoms with E-state index in [-0.39, 0.29) is 18.0 Å². The first-order valence-electron chi connectivity index (χ1n) is 7.10. The van der Waals surface area contributed by atoms with Crippen LogP contribution in [-0.2, 0) is 6.54 Å². The van der Waals surface area contributed by atoms with Gasteiger partial charge >= 0.3 is 0 Å². The van der Waals surface area contributed by atoms with Gasteiger partial charge in [-0.3, -0.25) is 4.90 Å². The number of nitrogens with one attached hydrogen (secondary N) is 1. The molecule has 1 fully saturated rings. The summed E-state index contributed by atoms with van der Waals surface area (Å²) in [6, 6.07) is 1.60. The van der Waals surface area contributed by atoms with Crippen LogP contribution in [-0.4, -0.2) is 31.6 Å². The van der Waals surface area contributed by atoms with Crippen molar-refractivity contribution in [3.05, 3.63) is 35.1 Å². The number of benzene rings is 1. The molecule has 0 aromatic heterocycles. The molecule has 21 heavy (non-hydrogen) atoms. The van der Waals surface area contributed by atoms with Crippen molar-refractivity contribution in [2.45, 2.75) is 25.8 Å². The second-order valence-corrected chi connectivity index (χ2v) is 5.47. The van der Waals surface area contributed by atoms with Crippen LogP contribution in [0.1, 0.15) is 24.8 Å². The molecule has 0 amide bonds. The van der Waals surface area contributed by atoms with Crippen LogP contribution in [0.5, 0.6) is 0 Å². The first-order chi connectivity index (χ1) is 9.60. The van der Waals surface area contributed by atoms with Gasteiger partial charge in [0.2, 0.25) is 0 Å². The van der Waals surface area contributed by atoms with Crippen LogP contribution < -0.4 is 5.32 Å². The van der Waals surface area contributed by atoms with Gasteiger partial charge < -0.3 is 5.32 Å². The molecule has 0 atom stereocenters. The summed E-state index contributed by atoms with van der Waals surface area (Å²) in [6.45, 7) is 3.13. The molecule has 0 saturated carbocycles. The Hall–Kier alpha value is -0.780. The third kappa shape index (κ3) is 5.16. The number of halogens is 4. The van der Waals surface area contributed by atoms with Crippen molar-refractivity contribution in [3.63, 3.8) is 0 Å². The van der Waals surface area contributed by atoms with Crippen LogP contribution in [0.2, 0.25) is 0 Å². The molecule has 0 radical (unpaired) electrons. The van der Waals surface area contributed by atoms with E-state index in [0.29, 0.717) is 18.5 Å². The summed E-state index contributed by atoms with van der Waals surface area (Å²) in [7, 11) is 1.95. The fourth-order valence-corrected chi connectivity index (χ4v) is 2.71. The monoisotopic (exact) mass is 322 g/mol. The van der Waals surface area contributed by atoms with Gasteiger partial charge in [-0.1, -0.05) is 0 Å². The lowest BCUT2D eigenvalue weighted by atomic mass is 9.93. The van der Waals surface area contributed by atoms with E-state index < -0.39 is 17.5 Å². The summed E-state index contributed by atoms with van der Waals surface area (Å²) in [5, 5.41) is 3.14. The molecule has 120 valence electrons. The molecule has 0 spiro atoms. The van der Waals surface area contributed by atoms with Crippen molar-refractivity contribution < 1.29 is 13.2 Å². The van der Waals surface area contributed by atoms with Gasteiger partial charge in [0.25, 0.3) is 0 Å². The van der Waals surface area contributed by atoms with Gasteiger partial charge in [0.05, 0.1) is 0 Å². The van der Waals surface area contributed by atoms with Gasteiger partial charge in [0.1, 0.15) is 5.82 Å². The van der Waals surface area contributed by atoms with E-state index in [1.165, 1.54) is 0 Å². The second kappa shape index (κ2) is 8.61. The van der Waals surface area contributed by atoms with Crippen molar-refractivity contribution in [2.75, 3.05) is 26.7 Å². The molecule has 0 aliphatic carbocycles. The third-order valence-corrected chi connectivity index (χ3v) is 3.99. The smallest absolute Gasteiger partial charge is 0.161 e. The van der Waals surface area contributed by atoms with E-state index in [4.69, 9.17) is 0 Å². The topological polar surface area (TPSA) is 15.3 Å². The van der Waals surface area contributed by atoms with E-state index in [0.717, 1.165) is 45.0 Å². The summed E-state index contributed by atoms with van der Waals surface area (Å²) in [5.74, 6) is -2.07. The minimum atomic E-state index is -1.13. The summed E-state index contributed by atoms with van der Waals surface area (Å²) in [5.41, 5.74) is 0.234. The predicted octanol–water partition coefficient (Wildman–Crippen LogP) is 3.35. The van der Waals surface area contributed by atoms with Crippen molar-refractivity contribution in [3.8, 4) is 0 Å². The Labute approximate surface area is 130 Å². The van der Waals surface area contributed by atoms with Crippen LogP contribution in [0.4, 0.5) is 13.2 Å². The van der Waals surface area contributed by atoms with Gasteiger partial charge in [-0.25, -0.2) is 13.2 Å². The highest BCUT2D eigenvalue weighted by Gasteiger charge is 2.20. The normalized spacial score (nSPS) is 16.8. The molecule has 0 unspecified atom stereocenters. The van der Waals surface area contributed by atoms with Crippen LogP contribution in [0, 0.1) is 23.4 Å². The van der Waals surface area contributed by atoms with Crippen LogP contribution >= 0.6 is 12.4 Å². The fourth-order valence-electron chi connectivity index (χ4n) is 2.71. The van der Waals surface area contributed by atoms with E-state index in [1.807, 2.05) is 7.05 Å².